The van der Waals surface area contributed by atoms with Crippen molar-refractivity contribution in [3.63, 3.8) is 0 Å². The van der Waals surface area contributed by atoms with E-state index in [1.807, 2.05) is 50.3 Å². The summed E-state index contributed by atoms with van der Waals surface area (Å²) in [5, 5.41) is 5.76. The molecule has 0 saturated carbocycles. The number of hydrogen-bond donors (Lipinski definition) is 0. The molecule has 0 bridgehead atoms. The van der Waals surface area contributed by atoms with Gasteiger partial charge >= 0.3 is 5.97 Å². The highest BCUT2D eigenvalue weighted by atomic mass is 35.5. The summed E-state index contributed by atoms with van der Waals surface area (Å²) in [6.07, 6.45) is 3.81. The first-order valence-electron chi connectivity index (χ1n) is 11.5. The summed E-state index contributed by atoms with van der Waals surface area (Å²) in [7, 11) is 1.36. The number of rotatable bonds is 8. The quantitative estimate of drug-likeness (QED) is 0.160. The average molecular weight is 557 g/mol. The number of hydrogen-bond acceptors (Lipinski definition) is 5. The minimum atomic E-state index is -0.372. The minimum Gasteiger partial charge on any atom is -0.489 e. The predicted octanol–water partition coefficient (Wildman–Crippen LogP) is 8.96. The second-order valence-electron chi connectivity index (χ2n) is 8.54. The van der Waals surface area contributed by atoms with Crippen molar-refractivity contribution in [1.29, 1.82) is 0 Å². The number of esters is 1. The van der Waals surface area contributed by atoms with E-state index in [1.165, 1.54) is 7.11 Å². The zero-order valence-corrected chi connectivity index (χ0v) is 22.7. The maximum Gasteiger partial charge on any atom is 0.337 e. The van der Waals surface area contributed by atoms with E-state index in [0.29, 0.717) is 43.4 Å². The van der Waals surface area contributed by atoms with Crippen LogP contribution in [-0.4, -0.2) is 18.2 Å². The molecule has 8 heteroatoms. The molecule has 190 valence electrons. The second kappa shape index (κ2) is 11.9. The first-order valence-corrected chi connectivity index (χ1v) is 12.6. The van der Waals surface area contributed by atoms with Crippen LogP contribution in [0.5, 0.6) is 5.75 Å². The number of ether oxygens (including phenoxy) is 2. The molecular weight excluding hydrogens is 533 g/mol. The average Bonchev–Trinajstić information content (AvgIpc) is 3.30. The van der Waals surface area contributed by atoms with Crippen LogP contribution in [-0.2, 0) is 11.3 Å². The highest BCUT2D eigenvalue weighted by Crippen LogP contribution is 2.39. The molecule has 3 aromatic carbocycles. The molecule has 1 heterocycles. The summed E-state index contributed by atoms with van der Waals surface area (Å²) in [6, 6.07) is 17.9. The maximum absolute atomic E-state index is 11.6. The molecular formula is C29H24Cl3NO4. The highest BCUT2D eigenvalue weighted by Gasteiger charge is 2.23. The molecule has 0 aliphatic heterocycles. The highest BCUT2D eigenvalue weighted by molar-refractivity contribution is 6.39. The van der Waals surface area contributed by atoms with Crippen LogP contribution in [0.2, 0.25) is 15.1 Å². The minimum absolute atomic E-state index is 0.0823. The van der Waals surface area contributed by atoms with Crippen LogP contribution in [0.1, 0.15) is 52.6 Å². The first-order chi connectivity index (χ1) is 17.8. The zero-order valence-electron chi connectivity index (χ0n) is 20.4. The lowest BCUT2D eigenvalue weighted by Crippen LogP contribution is -2.01. The van der Waals surface area contributed by atoms with E-state index in [-0.39, 0.29) is 18.5 Å². The molecule has 0 atom stereocenters. The molecule has 5 nitrogen and oxygen atoms in total. The van der Waals surface area contributed by atoms with E-state index in [1.54, 1.807) is 36.4 Å². The monoisotopic (exact) mass is 555 g/mol. The van der Waals surface area contributed by atoms with E-state index in [9.17, 15) is 4.79 Å². The Labute approximate surface area is 230 Å². The number of halogens is 3. The zero-order chi connectivity index (χ0) is 26.5. The Kier molecular flexibility index (Phi) is 8.59. The number of nitrogens with zero attached hydrogens (tertiary/aromatic N) is 1. The Morgan fingerprint density at radius 3 is 2.30 bits per heavy atom. The lowest BCUT2D eigenvalue weighted by atomic mass is 10.0. The van der Waals surface area contributed by atoms with Crippen LogP contribution in [0.15, 0.2) is 65.2 Å². The number of benzene rings is 3. The van der Waals surface area contributed by atoms with Gasteiger partial charge in [-0.25, -0.2) is 4.79 Å². The molecule has 0 fully saturated rings. The molecule has 0 saturated heterocycles. The standard InChI is InChI=1S/C29H24Cl3NO4/c1-17(2)28-22(27(33-37-28)26-23(30)5-4-6-24(26)31)16-36-21-14-13-19(25(32)15-21)10-7-18-8-11-20(12-9-18)29(34)35-3/h4-15,17H,16H2,1-3H3/b10-7+. The smallest absolute Gasteiger partial charge is 0.337 e. The first kappa shape index (κ1) is 26.8. The van der Waals surface area contributed by atoms with Crippen LogP contribution in [0, 0.1) is 0 Å². The molecule has 4 rings (SSSR count). The molecule has 4 aromatic rings. The molecule has 37 heavy (non-hydrogen) atoms. The Morgan fingerprint density at radius 2 is 1.68 bits per heavy atom. The summed E-state index contributed by atoms with van der Waals surface area (Å²) in [6.45, 7) is 4.23. The van der Waals surface area contributed by atoms with Crippen molar-refractivity contribution < 1.29 is 18.8 Å². The van der Waals surface area contributed by atoms with Crippen LogP contribution in [0.25, 0.3) is 23.4 Å². The Hall–Kier alpha value is -3.25. The van der Waals surface area contributed by atoms with Crippen molar-refractivity contribution in [2.75, 3.05) is 7.11 Å². The van der Waals surface area contributed by atoms with Crippen LogP contribution in [0.4, 0.5) is 0 Å². The third-order valence-electron chi connectivity index (χ3n) is 5.68. The molecule has 0 radical (unpaired) electrons. The summed E-state index contributed by atoms with van der Waals surface area (Å²) in [4.78, 5) is 11.6. The molecule has 0 unspecified atom stereocenters. The number of carbonyl (C=O) groups is 1. The van der Waals surface area contributed by atoms with E-state index < -0.39 is 0 Å². The van der Waals surface area contributed by atoms with Gasteiger partial charge in [0.2, 0.25) is 0 Å². The van der Waals surface area contributed by atoms with E-state index in [4.69, 9.17) is 48.8 Å². The van der Waals surface area contributed by atoms with Gasteiger partial charge in [-0.2, -0.15) is 0 Å². The summed E-state index contributed by atoms with van der Waals surface area (Å²) in [5.41, 5.74) is 4.18. The fourth-order valence-corrected chi connectivity index (χ4v) is 4.57. The maximum atomic E-state index is 11.6. The third-order valence-corrected chi connectivity index (χ3v) is 6.64. The lowest BCUT2D eigenvalue weighted by Gasteiger charge is -2.11. The largest absolute Gasteiger partial charge is 0.489 e. The molecule has 0 aliphatic carbocycles. The van der Waals surface area contributed by atoms with Crippen molar-refractivity contribution in [2.24, 2.45) is 0 Å². The summed E-state index contributed by atoms with van der Waals surface area (Å²) < 4.78 is 16.5. The van der Waals surface area contributed by atoms with Gasteiger partial charge in [-0.05, 0) is 53.6 Å². The summed E-state index contributed by atoms with van der Waals surface area (Å²) in [5.74, 6) is 1.01. The molecule has 0 spiro atoms. The van der Waals surface area contributed by atoms with E-state index >= 15 is 0 Å². The normalized spacial score (nSPS) is 11.3. The van der Waals surface area contributed by atoms with Crippen LogP contribution < -0.4 is 4.74 Å². The fourth-order valence-electron chi connectivity index (χ4n) is 3.76. The second-order valence-corrected chi connectivity index (χ2v) is 9.77. The number of aromatic nitrogens is 1. The lowest BCUT2D eigenvalue weighted by molar-refractivity contribution is 0.0600. The van der Waals surface area contributed by atoms with Gasteiger partial charge in [-0.3, -0.25) is 0 Å². The van der Waals surface area contributed by atoms with Gasteiger partial charge in [-0.1, -0.05) is 84.2 Å². The van der Waals surface area contributed by atoms with Gasteiger partial charge in [0.15, 0.2) is 0 Å². The van der Waals surface area contributed by atoms with Crippen molar-refractivity contribution in [3.05, 3.63) is 104 Å². The number of carbonyl (C=O) groups excluding carboxylic acids is 1. The van der Waals surface area contributed by atoms with Crippen molar-refractivity contribution in [1.82, 2.24) is 5.16 Å². The molecule has 0 amide bonds. The van der Waals surface area contributed by atoms with Crippen molar-refractivity contribution in [2.45, 2.75) is 26.4 Å². The van der Waals surface area contributed by atoms with Crippen molar-refractivity contribution in [3.8, 4) is 17.0 Å². The Balaban J connectivity index is 1.52. The Morgan fingerprint density at radius 1 is 0.973 bits per heavy atom. The van der Waals surface area contributed by atoms with Gasteiger partial charge in [-0.15, -0.1) is 0 Å². The van der Waals surface area contributed by atoms with Crippen LogP contribution in [0.3, 0.4) is 0 Å². The fraction of sp³-hybridized carbons (Fsp3) is 0.172. The molecule has 0 aliphatic rings. The van der Waals surface area contributed by atoms with E-state index in [0.717, 1.165) is 16.7 Å². The van der Waals surface area contributed by atoms with Gasteiger partial charge in [0.25, 0.3) is 0 Å². The SMILES string of the molecule is COC(=O)c1ccc(/C=C/c2ccc(OCc3c(-c4c(Cl)cccc4Cl)noc3C(C)C)cc2Cl)cc1. The van der Waals surface area contributed by atoms with Gasteiger partial charge in [0.05, 0.1) is 33.3 Å². The number of methoxy groups -OCH3 is 1. The summed E-state index contributed by atoms with van der Waals surface area (Å²) >= 11 is 19.4. The predicted molar refractivity (Wildman–Crippen MR) is 149 cm³/mol. The molecule has 0 N–H and O–H groups in total. The van der Waals surface area contributed by atoms with E-state index in [2.05, 4.69) is 5.16 Å². The molecule has 1 aromatic heterocycles. The van der Waals surface area contributed by atoms with Gasteiger partial charge in [0.1, 0.15) is 23.8 Å². The van der Waals surface area contributed by atoms with Gasteiger partial charge < -0.3 is 14.0 Å². The Bertz CT molecular complexity index is 1420. The topological polar surface area (TPSA) is 61.6 Å². The third kappa shape index (κ3) is 6.19. The van der Waals surface area contributed by atoms with Gasteiger partial charge in [0, 0.05) is 11.5 Å². The van der Waals surface area contributed by atoms with Crippen molar-refractivity contribution >= 4 is 52.9 Å². The van der Waals surface area contributed by atoms with Crippen LogP contribution >= 0.6 is 34.8 Å².